The first-order valence-corrected chi connectivity index (χ1v) is 5.29. The van der Waals surface area contributed by atoms with Gasteiger partial charge in [0.05, 0.1) is 0 Å². The highest BCUT2D eigenvalue weighted by Gasteiger charge is 1.97. The van der Waals surface area contributed by atoms with E-state index in [4.69, 9.17) is 0 Å². The lowest BCUT2D eigenvalue weighted by Crippen LogP contribution is -2.07. The van der Waals surface area contributed by atoms with Crippen LogP contribution in [0.1, 0.15) is 25.8 Å². The Morgan fingerprint density at radius 2 is 2.00 bits per heavy atom. The van der Waals surface area contributed by atoms with Gasteiger partial charge in [-0.2, -0.15) is 0 Å². The molecule has 0 aromatic heterocycles. The van der Waals surface area contributed by atoms with Crippen LogP contribution in [0.3, 0.4) is 0 Å². The zero-order chi connectivity index (χ0) is 11.1. The summed E-state index contributed by atoms with van der Waals surface area (Å²) in [5, 5.41) is 2.79. The molecule has 0 unspecified atom stereocenters. The molecule has 0 heterocycles. The van der Waals surface area contributed by atoms with Crippen LogP contribution in [0, 0.1) is 0 Å². The van der Waals surface area contributed by atoms with Crippen molar-refractivity contribution in [1.29, 1.82) is 0 Å². The smallest absolute Gasteiger partial charge is 0.248 e. The normalized spacial score (nSPS) is 10.5. The van der Waals surface area contributed by atoms with Crippen molar-refractivity contribution in [2.45, 2.75) is 26.7 Å². The fourth-order valence-electron chi connectivity index (χ4n) is 1.38. The molecule has 0 spiro atoms. The standard InChI is InChI=1S/C13H17NO/c1-3-5-11-7-9-12(10-8-11)14-13(15)6-4-2/h4,6-10H,3,5H2,1-2H3,(H,14,15)/b6-4+. The molecule has 0 aliphatic rings. The molecule has 1 amide bonds. The number of hydrogen-bond acceptors (Lipinski definition) is 1. The van der Waals surface area contributed by atoms with Crippen molar-refractivity contribution in [3.05, 3.63) is 42.0 Å². The van der Waals surface area contributed by atoms with Gasteiger partial charge < -0.3 is 5.32 Å². The van der Waals surface area contributed by atoms with Gasteiger partial charge in [0.25, 0.3) is 0 Å². The summed E-state index contributed by atoms with van der Waals surface area (Å²) in [5.41, 5.74) is 2.15. The Kier molecular flexibility index (Phi) is 4.61. The van der Waals surface area contributed by atoms with Crippen LogP contribution in [0.25, 0.3) is 0 Å². The maximum atomic E-state index is 11.2. The van der Waals surface area contributed by atoms with Crippen LogP contribution in [0.15, 0.2) is 36.4 Å². The van der Waals surface area contributed by atoms with Gasteiger partial charge >= 0.3 is 0 Å². The minimum Gasteiger partial charge on any atom is -0.323 e. The monoisotopic (exact) mass is 203 g/mol. The summed E-state index contributed by atoms with van der Waals surface area (Å²) in [6.07, 6.45) is 5.47. The fraction of sp³-hybridized carbons (Fsp3) is 0.308. The average Bonchev–Trinajstić information content (AvgIpc) is 2.22. The highest BCUT2D eigenvalue weighted by Crippen LogP contribution is 2.10. The lowest BCUT2D eigenvalue weighted by molar-refractivity contribution is -0.111. The van der Waals surface area contributed by atoms with Crippen molar-refractivity contribution in [3.63, 3.8) is 0 Å². The van der Waals surface area contributed by atoms with Crippen molar-refractivity contribution in [2.24, 2.45) is 0 Å². The zero-order valence-electron chi connectivity index (χ0n) is 9.29. The van der Waals surface area contributed by atoms with E-state index in [9.17, 15) is 4.79 Å². The summed E-state index contributed by atoms with van der Waals surface area (Å²) in [6, 6.07) is 7.97. The highest BCUT2D eigenvalue weighted by molar-refractivity contribution is 5.99. The molecule has 2 nitrogen and oxygen atoms in total. The van der Waals surface area contributed by atoms with Gasteiger partial charge in [0.1, 0.15) is 0 Å². The predicted molar refractivity (Wildman–Crippen MR) is 63.9 cm³/mol. The molecule has 1 N–H and O–H groups in total. The second-order valence-corrected chi connectivity index (χ2v) is 3.44. The molecule has 0 saturated carbocycles. The van der Waals surface area contributed by atoms with Crippen LogP contribution in [-0.2, 0) is 11.2 Å². The van der Waals surface area contributed by atoms with Gasteiger partial charge in [0.15, 0.2) is 0 Å². The molecule has 0 bridgehead atoms. The Balaban J connectivity index is 2.60. The third kappa shape index (κ3) is 3.98. The Morgan fingerprint density at radius 3 is 2.53 bits per heavy atom. The summed E-state index contributed by atoms with van der Waals surface area (Å²) in [6.45, 7) is 3.98. The molecule has 1 aromatic carbocycles. The summed E-state index contributed by atoms with van der Waals surface area (Å²) in [4.78, 5) is 11.2. The van der Waals surface area contributed by atoms with Crippen LogP contribution in [0.4, 0.5) is 5.69 Å². The van der Waals surface area contributed by atoms with Crippen molar-refractivity contribution < 1.29 is 4.79 Å². The zero-order valence-corrected chi connectivity index (χ0v) is 9.29. The van der Waals surface area contributed by atoms with Crippen molar-refractivity contribution in [2.75, 3.05) is 5.32 Å². The van der Waals surface area contributed by atoms with E-state index < -0.39 is 0 Å². The second kappa shape index (κ2) is 6.02. The van der Waals surface area contributed by atoms with E-state index in [2.05, 4.69) is 24.4 Å². The molecule has 0 atom stereocenters. The number of carbonyl (C=O) groups is 1. The van der Waals surface area contributed by atoms with E-state index in [0.717, 1.165) is 18.5 Å². The predicted octanol–water partition coefficient (Wildman–Crippen LogP) is 3.15. The molecule has 0 fully saturated rings. The fourth-order valence-corrected chi connectivity index (χ4v) is 1.38. The molecule has 15 heavy (non-hydrogen) atoms. The third-order valence-corrected chi connectivity index (χ3v) is 2.08. The van der Waals surface area contributed by atoms with Gasteiger partial charge in [0.2, 0.25) is 5.91 Å². The lowest BCUT2D eigenvalue weighted by atomic mass is 10.1. The molecular weight excluding hydrogens is 186 g/mol. The first kappa shape index (κ1) is 11.5. The minimum absolute atomic E-state index is 0.0826. The van der Waals surface area contributed by atoms with Crippen LogP contribution >= 0.6 is 0 Å². The summed E-state index contributed by atoms with van der Waals surface area (Å²) >= 11 is 0. The molecule has 0 radical (unpaired) electrons. The van der Waals surface area contributed by atoms with Gasteiger partial charge in [-0.15, -0.1) is 0 Å². The molecule has 1 rings (SSSR count). The Bertz CT molecular complexity index is 338. The first-order chi connectivity index (χ1) is 7.26. The molecule has 0 aliphatic carbocycles. The Labute approximate surface area is 91.0 Å². The molecule has 1 aromatic rings. The van der Waals surface area contributed by atoms with Gasteiger partial charge in [-0.1, -0.05) is 31.6 Å². The second-order valence-electron chi connectivity index (χ2n) is 3.44. The summed E-state index contributed by atoms with van der Waals surface area (Å²) in [7, 11) is 0. The Hall–Kier alpha value is -1.57. The van der Waals surface area contributed by atoms with Crippen molar-refractivity contribution in [3.8, 4) is 0 Å². The van der Waals surface area contributed by atoms with E-state index >= 15 is 0 Å². The summed E-state index contributed by atoms with van der Waals surface area (Å²) < 4.78 is 0. The van der Waals surface area contributed by atoms with E-state index in [1.54, 1.807) is 6.08 Å². The third-order valence-electron chi connectivity index (χ3n) is 2.08. The first-order valence-electron chi connectivity index (χ1n) is 5.29. The van der Waals surface area contributed by atoms with Crippen LogP contribution in [0.2, 0.25) is 0 Å². The van der Waals surface area contributed by atoms with Gasteiger partial charge in [-0.05, 0) is 37.1 Å². The number of carbonyl (C=O) groups excluding carboxylic acids is 1. The number of benzene rings is 1. The number of aryl methyl sites for hydroxylation is 1. The van der Waals surface area contributed by atoms with Crippen molar-refractivity contribution in [1.82, 2.24) is 0 Å². The largest absolute Gasteiger partial charge is 0.323 e. The summed E-state index contributed by atoms with van der Waals surface area (Å²) in [5.74, 6) is -0.0826. The van der Waals surface area contributed by atoms with E-state index in [0.29, 0.717) is 0 Å². The number of nitrogens with one attached hydrogen (secondary N) is 1. The number of rotatable bonds is 4. The van der Waals surface area contributed by atoms with Gasteiger partial charge in [-0.25, -0.2) is 0 Å². The number of amides is 1. The van der Waals surface area contributed by atoms with Gasteiger partial charge in [-0.3, -0.25) is 4.79 Å². The number of hydrogen-bond donors (Lipinski definition) is 1. The molecule has 2 heteroatoms. The highest BCUT2D eigenvalue weighted by atomic mass is 16.1. The maximum absolute atomic E-state index is 11.2. The maximum Gasteiger partial charge on any atom is 0.248 e. The van der Waals surface area contributed by atoms with Crippen LogP contribution < -0.4 is 5.32 Å². The van der Waals surface area contributed by atoms with E-state index in [1.165, 1.54) is 11.6 Å². The topological polar surface area (TPSA) is 29.1 Å². The minimum atomic E-state index is -0.0826. The van der Waals surface area contributed by atoms with E-state index in [1.807, 2.05) is 19.1 Å². The molecule has 80 valence electrons. The molecular formula is C13H17NO. The SMILES string of the molecule is C/C=C/C(=O)Nc1ccc(CCC)cc1. The van der Waals surface area contributed by atoms with Crippen molar-refractivity contribution >= 4 is 11.6 Å². The average molecular weight is 203 g/mol. The lowest BCUT2D eigenvalue weighted by Gasteiger charge is -2.03. The number of anilines is 1. The molecule has 0 aliphatic heterocycles. The van der Waals surface area contributed by atoms with Crippen LogP contribution in [0.5, 0.6) is 0 Å². The van der Waals surface area contributed by atoms with Gasteiger partial charge in [0, 0.05) is 5.69 Å². The van der Waals surface area contributed by atoms with E-state index in [-0.39, 0.29) is 5.91 Å². The van der Waals surface area contributed by atoms with Crippen LogP contribution in [-0.4, -0.2) is 5.91 Å². The quantitative estimate of drug-likeness (QED) is 0.748. The Morgan fingerprint density at radius 1 is 1.33 bits per heavy atom. The molecule has 0 saturated heterocycles. The number of allylic oxidation sites excluding steroid dienone is 1.